The smallest absolute Gasteiger partial charge is 0.243 e. The van der Waals surface area contributed by atoms with E-state index in [9.17, 15) is 8.42 Å². The van der Waals surface area contributed by atoms with Gasteiger partial charge in [-0.3, -0.25) is 0 Å². The van der Waals surface area contributed by atoms with Crippen LogP contribution in [0.2, 0.25) is 0 Å². The van der Waals surface area contributed by atoms with Crippen molar-refractivity contribution in [2.75, 3.05) is 17.5 Å². The average molecular weight is 410 g/mol. The molecule has 1 fully saturated rings. The maximum atomic E-state index is 13.6. The first kappa shape index (κ1) is 19.5. The predicted molar refractivity (Wildman–Crippen MR) is 114 cm³/mol. The summed E-state index contributed by atoms with van der Waals surface area (Å²) in [6, 6.07) is 23.9. The Morgan fingerprint density at radius 2 is 1.62 bits per heavy atom. The van der Waals surface area contributed by atoms with Crippen molar-refractivity contribution in [1.29, 1.82) is 0 Å². The highest BCUT2D eigenvalue weighted by Crippen LogP contribution is 2.34. The lowest BCUT2D eigenvalue weighted by atomic mass is 10.2. The number of nitrogens with zero attached hydrogens (tertiary/aromatic N) is 1. The number of hydrogen-bond donors (Lipinski definition) is 0. The Bertz CT molecular complexity index is 1080. The zero-order valence-corrected chi connectivity index (χ0v) is 17.0. The van der Waals surface area contributed by atoms with E-state index in [4.69, 9.17) is 9.47 Å². The molecule has 1 aliphatic rings. The van der Waals surface area contributed by atoms with Gasteiger partial charge in [0.2, 0.25) is 10.0 Å². The fourth-order valence-corrected chi connectivity index (χ4v) is 4.88. The molecule has 150 valence electrons. The van der Waals surface area contributed by atoms with Crippen LogP contribution in [0.4, 0.5) is 11.4 Å². The van der Waals surface area contributed by atoms with Crippen molar-refractivity contribution in [3.05, 3.63) is 90.0 Å². The summed E-state index contributed by atoms with van der Waals surface area (Å²) in [7, 11) is -3.73. The number of sulfonamides is 1. The molecule has 0 N–H and O–H groups in total. The second kappa shape index (κ2) is 8.27. The van der Waals surface area contributed by atoms with Gasteiger partial charge in [-0.15, -0.1) is 0 Å². The molecule has 5 nitrogen and oxygen atoms in total. The Kier molecular flexibility index (Phi) is 5.56. The quantitative estimate of drug-likeness (QED) is 0.516. The lowest BCUT2D eigenvalue weighted by Crippen LogP contribution is -2.28. The SMILES string of the molecule is Cc1ccccc1N(c1ccccc1)S(=O)(=O)Cc1ccccc1OCC1CO1. The summed E-state index contributed by atoms with van der Waals surface area (Å²) in [6.07, 6.45) is 0.104. The fraction of sp³-hybridized carbons (Fsp3) is 0.217. The van der Waals surface area contributed by atoms with Crippen molar-refractivity contribution >= 4 is 21.4 Å². The lowest BCUT2D eigenvalue weighted by Gasteiger charge is -2.26. The summed E-state index contributed by atoms with van der Waals surface area (Å²) in [6.45, 7) is 3.03. The Hall–Kier alpha value is -2.83. The second-order valence-corrected chi connectivity index (χ2v) is 8.83. The molecule has 1 aliphatic heterocycles. The van der Waals surface area contributed by atoms with Crippen molar-refractivity contribution in [3.63, 3.8) is 0 Å². The number of epoxide rings is 1. The van der Waals surface area contributed by atoms with Crippen LogP contribution < -0.4 is 9.04 Å². The molecule has 0 radical (unpaired) electrons. The third kappa shape index (κ3) is 4.60. The standard InChI is InChI=1S/C23H23NO4S/c1-18-9-5-7-13-22(18)24(20-11-3-2-4-12-20)29(25,26)17-19-10-6-8-14-23(19)28-16-21-15-27-21/h2-14,21H,15-17H2,1H3. The first-order valence-corrected chi connectivity index (χ1v) is 11.1. The Morgan fingerprint density at radius 1 is 0.966 bits per heavy atom. The zero-order valence-electron chi connectivity index (χ0n) is 16.2. The van der Waals surface area contributed by atoms with Crippen LogP contribution in [0.1, 0.15) is 11.1 Å². The van der Waals surface area contributed by atoms with Gasteiger partial charge in [0, 0.05) is 5.56 Å². The summed E-state index contributed by atoms with van der Waals surface area (Å²) in [4.78, 5) is 0. The molecule has 4 rings (SSSR count). The molecule has 0 aromatic heterocycles. The highest BCUT2D eigenvalue weighted by atomic mass is 32.2. The average Bonchev–Trinajstić information content (AvgIpc) is 3.54. The third-order valence-corrected chi connectivity index (χ3v) is 6.38. The van der Waals surface area contributed by atoms with Gasteiger partial charge in [0.25, 0.3) is 0 Å². The van der Waals surface area contributed by atoms with E-state index < -0.39 is 10.0 Å². The van der Waals surface area contributed by atoms with E-state index in [0.29, 0.717) is 35.9 Å². The first-order valence-electron chi connectivity index (χ1n) is 9.50. The van der Waals surface area contributed by atoms with Crippen LogP contribution >= 0.6 is 0 Å². The topological polar surface area (TPSA) is 59.1 Å². The number of para-hydroxylation sites is 3. The van der Waals surface area contributed by atoms with Crippen molar-refractivity contribution in [2.24, 2.45) is 0 Å². The minimum Gasteiger partial charge on any atom is -0.490 e. The number of benzene rings is 3. The molecule has 0 spiro atoms. The van der Waals surface area contributed by atoms with E-state index in [1.54, 1.807) is 24.3 Å². The molecule has 1 saturated heterocycles. The summed E-state index contributed by atoms with van der Waals surface area (Å²) < 4.78 is 39.6. The molecule has 3 aromatic rings. The molecule has 1 atom stereocenters. The van der Waals surface area contributed by atoms with Crippen molar-refractivity contribution < 1.29 is 17.9 Å². The number of ether oxygens (including phenoxy) is 2. The molecule has 0 bridgehead atoms. The van der Waals surface area contributed by atoms with Crippen LogP contribution in [0, 0.1) is 6.92 Å². The van der Waals surface area contributed by atoms with Crippen LogP contribution in [-0.4, -0.2) is 27.7 Å². The minimum absolute atomic E-state index is 0.104. The summed E-state index contributed by atoms with van der Waals surface area (Å²) in [5.41, 5.74) is 2.76. The van der Waals surface area contributed by atoms with Gasteiger partial charge in [-0.25, -0.2) is 12.7 Å². The molecule has 29 heavy (non-hydrogen) atoms. The van der Waals surface area contributed by atoms with Gasteiger partial charge >= 0.3 is 0 Å². The molecule has 1 heterocycles. The van der Waals surface area contributed by atoms with Crippen molar-refractivity contribution in [3.8, 4) is 5.75 Å². The number of hydrogen-bond acceptors (Lipinski definition) is 4. The summed E-state index contributed by atoms with van der Waals surface area (Å²) >= 11 is 0. The van der Waals surface area contributed by atoms with E-state index in [0.717, 1.165) is 5.56 Å². The van der Waals surface area contributed by atoms with E-state index >= 15 is 0 Å². The van der Waals surface area contributed by atoms with Crippen LogP contribution in [0.5, 0.6) is 5.75 Å². The van der Waals surface area contributed by atoms with Crippen molar-refractivity contribution in [2.45, 2.75) is 18.8 Å². The van der Waals surface area contributed by atoms with Crippen LogP contribution in [0.25, 0.3) is 0 Å². The second-order valence-electron chi connectivity index (χ2n) is 7.02. The van der Waals surface area contributed by atoms with Crippen molar-refractivity contribution in [1.82, 2.24) is 0 Å². The normalized spacial score (nSPS) is 15.7. The van der Waals surface area contributed by atoms with E-state index in [2.05, 4.69) is 0 Å². The molecule has 3 aromatic carbocycles. The Labute approximate surface area is 171 Å². The number of aryl methyl sites for hydroxylation is 1. The molecule has 0 saturated carbocycles. The minimum atomic E-state index is -3.73. The summed E-state index contributed by atoms with van der Waals surface area (Å²) in [5.74, 6) is 0.405. The molecule has 0 aliphatic carbocycles. The van der Waals surface area contributed by atoms with Crippen LogP contribution in [-0.2, 0) is 20.5 Å². The predicted octanol–water partition coefficient (Wildman–Crippen LogP) is 4.44. The van der Waals surface area contributed by atoms with Gasteiger partial charge in [-0.1, -0.05) is 54.6 Å². The van der Waals surface area contributed by atoms with Crippen LogP contribution in [0.15, 0.2) is 78.9 Å². The lowest BCUT2D eigenvalue weighted by molar-refractivity contribution is 0.261. The fourth-order valence-electron chi connectivity index (χ4n) is 3.18. The van der Waals surface area contributed by atoms with Gasteiger partial charge in [0.15, 0.2) is 0 Å². The molecular formula is C23H23NO4S. The maximum Gasteiger partial charge on any atom is 0.243 e. The summed E-state index contributed by atoms with van der Waals surface area (Å²) in [5, 5.41) is 0. The molecule has 1 unspecified atom stereocenters. The molecule has 6 heteroatoms. The van der Waals surface area contributed by atoms with Gasteiger partial charge in [-0.05, 0) is 36.8 Å². The first-order chi connectivity index (χ1) is 14.0. The van der Waals surface area contributed by atoms with Gasteiger partial charge in [-0.2, -0.15) is 0 Å². The maximum absolute atomic E-state index is 13.6. The molecular weight excluding hydrogens is 386 g/mol. The Balaban J connectivity index is 1.70. The highest BCUT2D eigenvalue weighted by Gasteiger charge is 2.28. The van der Waals surface area contributed by atoms with Gasteiger partial charge < -0.3 is 9.47 Å². The van der Waals surface area contributed by atoms with E-state index in [1.807, 2.05) is 61.5 Å². The monoisotopic (exact) mass is 409 g/mol. The van der Waals surface area contributed by atoms with Gasteiger partial charge in [0.1, 0.15) is 18.5 Å². The van der Waals surface area contributed by atoms with Crippen LogP contribution in [0.3, 0.4) is 0 Å². The molecule has 0 amide bonds. The van der Waals surface area contributed by atoms with E-state index in [-0.39, 0.29) is 11.9 Å². The Morgan fingerprint density at radius 3 is 2.34 bits per heavy atom. The largest absolute Gasteiger partial charge is 0.490 e. The highest BCUT2D eigenvalue weighted by molar-refractivity contribution is 7.92. The third-order valence-electron chi connectivity index (χ3n) is 4.74. The zero-order chi connectivity index (χ0) is 20.3. The van der Waals surface area contributed by atoms with Gasteiger partial charge in [0.05, 0.1) is 23.7 Å². The van der Waals surface area contributed by atoms with E-state index in [1.165, 1.54) is 4.31 Å². The number of rotatable bonds is 8. The number of anilines is 2.